The summed E-state index contributed by atoms with van der Waals surface area (Å²) in [6, 6.07) is 3.21. The van der Waals surface area contributed by atoms with E-state index in [9.17, 15) is 9.59 Å². The molecule has 2 aromatic heterocycles. The van der Waals surface area contributed by atoms with Gasteiger partial charge >= 0.3 is 5.97 Å². The van der Waals surface area contributed by atoms with Crippen molar-refractivity contribution >= 4 is 22.7 Å². The molecule has 0 aliphatic carbocycles. The van der Waals surface area contributed by atoms with E-state index in [4.69, 9.17) is 9.52 Å². The van der Waals surface area contributed by atoms with Gasteiger partial charge in [0, 0.05) is 5.39 Å². The van der Waals surface area contributed by atoms with Gasteiger partial charge in [-0.05, 0) is 12.1 Å². The number of carbonyl (C=O) groups excluding carboxylic acids is 1. The maximum atomic E-state index is 11.3. The van der Waals surface area contributed by atoms with Gasteiger partial charge in [0.1, 0.15) is 12.1 Å². The SMILES string of the molecule is O=C(O)CC(=O)c1cc2ccoc2cn1. The third-order valence-corrected chi connectivity index (χ3v) is 1.94. The molecule has 0 saturated carbocycles. The topological polar surface area (TPSA) is 80.4 Å². The fourth-order valence-corrected chi connectivity index (χ4v) is 1.25. The minimum atomic E-state index is -1.16. The summed E-state index contributed by atoms with van der Waals surface area (Å²) in [5, 5.41) is 9.19. The number of carboxylic acids is 1. The third kappa shape index (κ3) is 1.85. The van der Waals surface area contributed by atoms with Gasteiger partial charge in [0.15, 0.2) is 11.4 Å². The Morgan fingerprint density at radius 2 is 2.27 bits per heavy atom. The molecule has 0 atom stereocenters. The summed E-state index contributed by atoms with van der Waals surface area (Å²) in [5.74, 6) is -1.67. The second-order valence-electron chi connectivity index (χ2n) is 3.02. The Morgan fingerprint density at radius 1 is 1.47 bits per heavy atom. The van der Waals surface area contributed by atoms with Crippen LogP contribution in [0.2, 0.25) is 0 Å². The van der Waals surface area contributed by atoms with Crippen LogP contribution in [0.5, 0.6) is 0 Å². The zero-order valence-electron chi connectivity index (χ0n) is 7.64. The zero-order chi connectivity index (χ0) is 10.8. The van der Waals surface area contributed by atoms with Crippen LogP contribution in [0.1, 0.15) is 16.9 Å². The summed E-state index contributed by atoms with van der Waals surface area (Å²) in [4.78, 5) is 25.5. The lowest BCUT2D eigenvalue weighted by atomic mass is 10.1. The second-order valence-corrected chi connectivity index (χ2v) is 3.02. The Bertz CT molecular complexity index is 529. The Hall–Kier alpha value is -2.17. The van der Waals surface area contributed by atoms with Crippen LogP contribution in [0.25, 0.3) is 11.0 Å². The van der Waals surface area contributed by atoms with Crippen molar-refractivity contribution in [2.75, 3.05) is 0 Å². The lowest BCUT2D eigenvalue weighted by Gasteiger charge is -1.96. The van der Waals surface area contributed by atoms with Gasteiger partial charge < -0.3 is 9.52 Å². The van der Waals surface area contributed by atoms with Gasteiger partial charge in [-0.2, -0.15) is 0 Å². The lowest BCUT2D eigenvalue weighted by molar-refractivity contribution is -0.135. The molecular weight excluding hydrogens is 198 g/mol. The van der Waals surface area contributed by atoms with Crippen molar-refractivity contribution in [3.8, 4) is 0 Å². The number of furan rings is 1. The van der Waals surface area contributed by atoms with Crippen molar-refractivity contribution in [3.63, 3.8) is 0 Å². The molecule has 1 N–H and O–H groups in total. The van der Waals surface area contributed by atoms with Crippen molar-refractivity contribution in [1.82, 2.24) is 4.98 Å². The maximum absolute atomic E-state index is 11.3. The highest BCUT2D eigenvalue weighted by Crippen LogP contribution is 2.15. The fourth-order valence-electron chi connectivity index (χ4n) is 1.25. The molecule has 0 aliphatic rings. The third-order valence-electron chi connectivity index (χ3n) is 1.94. The molecule has 0 amide bonds. The number of fused-ring (bicyclic) bond motifs is 1. The number of ketones is 1. The Balaban J connectivity index is 2.35. The largest absolute Gasteiger partial charge is 0.481 e. The van der Waals surface area contributed by atoms with Crippen molar-refractivity contribution in [1.29, 1.82) is 0 Å². The van der Waals surface area contributed by atoms with Gasteiger partial charge in [-0.15, -0.1) is 0 Å². The average molecular weight is 205 g/mol. The number of carboxylic acid groups (broad SMARTS) is 1. The molecule has 0 radical (unpaired) electrons. The number of hydrogen-bond acceptors (Lipinski definition) is 4. The molecule has 0 bridgehead atoms. The van der Waals surface area contributed by atoms with Crippen LogP contribution in [0.15, 0.2) is 29.0 Å². The van der Waals surface area contributed by atoms with E-state index in [1.165, 1.54) is 18.5 Å². The summed E-state index contributed by atoms with van der Waals surface area (Å²) < 4.78 is 5.04. The number of rotatable bonds is 3. The van der Waals surface area contributed by atoms with Gasteiger partial charge in [0.2, 0.25) is 0 Å². The van der Waals surface area contributed by atoms with Gasteiger partial charge in [0.05, 0.1) is 12.5 Å². The molecule has 0 aromatic carbocycles. The average Bonchev–Trinajstić information content (AvgIpc) is 2.62. The number of carbonyl (C=O) groups is 2. The van der Waals surface area contributed by atoms with E-state index in [-0.39, 0.29) is 5.69 Å². The monoisotopic (exact) mass is 205 g/mol. The summed E-state index contributed by atoms with van der Waals surface area (Å²) in [5.41, 5.74) is 0.716. The lowest BCUT2D eigenvalue weighted by Crippen LogP contribution is -2.08. The standard InChI is InChI=1S/C10H7NO4/c12-8(4-10(13)14)7-3-6-1-2-15-9(6)5-11-7/h1-3,5H,4H2,(H,13,14). The first-order valence-electron chi connectivity index (χ1n) is 4.25. The van der Waals surface area contributed by atoms with E-state index in [1.807, 2.05) is 0 Å². The van der Waals surface area contributed by atoms with E-state index < -0.39 is 18.2 Å². The predicted molar refractivity (Wildman–Crippen MR) is 50.6 cm³/mol. The molecule has 76 valence electrons. The molecule has 0 aliphatic heterocycles. The molecule has 15 heavy (non-hydrogen) atoms. The van der Waals surface area contributed by atoms with Crippen LogP contribution in [0, 0.1) is 0 Å². The van der Waals surface area contributed by atoms with E-state index in [1.54, 1.807) is 6.07 Å². The Kier molecular flexibility index (Phi) is 2.21. The predicted octanol–water partition coefficient (Wildman–Crippen LogP) is 1.49. The number of nitrogens with zero attached hydrogens (tertiary/aromatic N) is 1. The quantitative estimate of drug-likeness (QED) is 0.606. The second kappa shape index (κ2) is 3.53. The fraction of sp³-hybridized carbons (Fsp3) is 0.100. The van der Waals surface area contributed by atoms with Crippen molar-refractivity contribution < 1.29 is 19.1 Å². The van der Waals surface area contributed by atoms with Crippen molar-refractivity contribution in [3.05, 3.63) is 30.3 Å². The Morgan fingerprint density at radius 3 is 3.00 bits per heavy atom. The summed E-state index contributed by atoms with van der Waals surface area (Å²) in [6.07, 6.45) is 2.35. The number of hydrogen-bond donors (Lipinski definition) is 1. The molecule has 0 saturated heterocycles. The van der Waals surface area contributed by atoms with Crippen LogP contribution in [-0.4, -0.2) is 21.8 Å². The first-order valence-corrected chi connectivity index (χ1v) is 4.25. The normalized spacial score (nSPS) is 10.4. The highest BCUT2D eigenvalue weighted by Gasteiger charge is 2.12. The Labute approximate surface area is 84.3 Å². The highest BCUT2D eigenvalue weighted by atomic mass is 16.4. The molecule has 5 nitrogen and oxygen atoms in total. The number of aromatic nitrogens is 1. The summed E-state index contributed by atoms with van der Waals surface area (Å²) >= 11 is 0. The van der Waals surface area contributed by atoms with Crippen LogP contribution in [0.4, 0.5) is 0 Å². The zero-order valence-corrected chi connectivity index (χ0v) is 7.64. The molecule has 2 heterocycles. The van der Waals surface area contributed by atoms with Crippen LogP contribution < -0.4 is 0 Å². The first-order chi connectivity index (χ1) is 7.16. The van der Waals surface area contributed by atoms with Gasteiger partial charge in [-0.3, -0.25) is 9.59 Å². The summed E-state index contributed by atoms with van der Waals surface area (Å²) in [6.45, 7) is 0. The molecule has 2 rings (SSSR count). The highest BCUT2D eigenvalue weighted by molar-refractivity contribution is 6.05. The number of Topliss-reactive ketones (excluding diaryl/α,β-unsaturated/α-hetero) is 1. The van der Waals surface area contributed by atoms with E-state index >= 15 is 0 Å². The molecule has 2 aromatic rings. The van der Waals surface area contributed by atoms with Gasteiger partial charge in [0.25, 0.3) is 0 Å². The molecule has 0 spiro atoms. The smallest absolute Gasteiger partial charge is 0.311 e. The van der Waals surface area contributed by atoms with Crippen molar-refractivity contribution in [2.24, 2.45) is 0 Å². The van der Waals surface area contributed by atoms with E-state index in [0.717, 1.165) is 5.39 Å². The minimum absolute atomic E-state index is 0.145. The van der Waals surface area contributed by atoms with Crippen molar-refractivity contribution in [2.45, 2.75) is 6.42 Å². The molecule has 5 heteroatoms. The molecule has 0 unspecified atom stereocenters. The summed E-state index contributed by atoms with van der Waals surface area (Å²) in [7, 11) is 0. The van der Waals surface area contributed by atoms with Crippen LogP contribution in [0.3, 0.4) is 0 Å². The molecular formula is C10H7NO4. The maximum Gasteiger partial charge on any atom is 0.311 e. The van der Waals surface area contributed by atoms with Gasteiger partial charge in [-0.25, -0.2) is 4.98 Å². The number of pyridine rings is 1. The van der Waals surface area contributed by atoms with Gasteiger partial charge in [-0.1, -0.05) is 0 Å². The van der Waals surface area contributed by atoms with Crippen LogP contribution in [-0.2, 0) is 4.79 Å². The first kappa shape index (κ1) is 9.39. The molecule has 0 fully saturated rings. The van der Waals surface area contributed by atoms with E-state index in [2.05, 4.69) is 4.98 Å². The van der Waals surface area contributed by atoms with E-state index in [0.29, 0.717) is 5.58 Å². The minimum Gasteiger partial charge on any atom is -0.481 e. The number of aliphatic carboxylic acids is 1. The van der Waals surface area contributed by atoms with Crippen LogP contribution >= 0.6 is 0 Å².